The van der Waals surface area contributed by atoms with E-state index in [1.54, 1.807) is 25.1 Å². The number of hydrogen-bond donors (Lipinski definition) is 1. The Bertz CT molecular complexity index is 445. The fourth-order valence-electron chi connectivity index (χ4n) is 1.80. The number of ketones is 1. The number of ether oxygens (including phenoxy) is 2. The summed E-state index contributed by atoms with van der Waals surface area (Å²) in [7, 11) is 3.04. The van der Waals surface area contributed by atoms with Gasteiger partial charge in [0.1, 0.15) is 11.5 Å². The Morgan fingerprint density at radius 3 is 2.32 bits per heavy atom. The molecule has 1 atom stereocenters. The van der Waals surface area contributed by atoms with E-state index in [-0.39, 0.29) is 11.8 Å². The van der Waals surface area contributed by atoms with Crippen molar-refractivity contribution >= 4 is 5.78 Å². The smallest absolute Gasteiger partial charge is 0.185 e. The third kappa shape index (κ3) is 3.45. The van der Waals surface area contributed by atoms with Crippen molar-refractivity contribution in [2.75, 3.05) is 14.2 Å². The van der Waals surface area contributed by atoms with Gasteiger partial charge in [0, 0.05) is 6.04 Å². The molecule has 1 unspecified atom stereocenters. The minimum Gasteiger partial charge on any atom is -0.497 e. The van der Waals surface area contributed by atoms with Gasteiger partial charge in [-0.25, -0.2) is 0 Å². The van der Waals surface area contributed by atoms with Gasteiger partial charge in [0.2, 0.25) is 0 Å². The van der Waals surface area contributed by atoms with Crippen molar-refractivity contribution in [2.24, 2.45) is 0 Å². The molecule has 1 rings (SSSR count). The molecule has 5 heteroatoms. The second-order valence-electron chi connectivity index (χ2n) is 4.58. The predicted molar refractivity (Wildman–Crippen MR) is 72.1 cm³/mol. The van der Waals surface area contributed by atoms with E-state index in [9.17, 15) is 10.0 Å². The van der Waals surface area contributed by atoms with E-state index in [2.05, 4.69) is 0 Å². The lowest BCUT2D eigenvalue weighted by Gasteiger charge is -2.25. The number of methoxy groups -OCH3 is 2. The minimum atomic E-state index is -0.652. The summed E-state index contributed by atoms with van der Waals surface area (Å²) < 4.78 is 10.3. The first-order valence-corrected chi connectivity index (χ1v) is 6.15. The molecule has 5 nitrogen and oxygen atoms in total. The highest BCUT2D eigenvalue weighted by atomic mass is 16.5. The molecular weight excluding hydrogens is 246 g/mol. The Morgan fingerprint density at radius 2 is 1.84 bits per heavy atom. The Kier molecular flexibility index (Phi) is 5.32. The molecular formula is C14H21NO4. The summed E-state index contributed by atoms with van der Waals surface area (Å²) >= 11 is 0. The van der Waals surface area contributed by atoms with Gasteiger partial charge in [-0.2, -0.15) is 5.06 Å². The van der Waals surface area contributed by atoms with E-state index < -0.39 is 6.04 Å². The molecule has 0 radical (unpaired) electrons. The van der Waals surface area contributed by atoms with Crippen LogP contribution in [0.25, 0.3) is 0 Å². The fraction of sp³-hybridized carbons (Fsp3) is 0.500. The minimum absolute atomic E-state index is 0.143. The average Bonchev–Trinajstić information content (AvgIpc) is 2.43. The zero-order valence-electron chi connectivity index (χ0n) is 12.0. The normalized spacial score (nSPS) is 12.6. The zero-order valence-corrected chi connectivity index (χ0v) is 12.0. The lowest BCUT2D eigenvalue weighted by atomic mass is 10.0. The first-order chi connectivity index (χ1) is 8.92. The zero-order chi connectivity index (χ0) is 14.6. The number of rotatable bonds is 6. The van der Waals surface area contributed by atoms with Gasteiger partial charge in [-0.1, -0.05) is 0 Å². The van der Waals surface area contributed by atoms with Crippen LogP contribution in [-0.4, -0.2) is 42.4 Å². The molecule has 1 N–H and O–H groups in total. The monoisotopic (exact) mass is 267 g/mol. The number of carbonyl (C=O) groups is 1. The Hall–Kier alpha value is -1.59. The SMILES string of the molecule is COc1ccc(OC)c(C(=O)C(C)N(O)C(C)C)c1. The number of benzene rings is 1. The molecule has 0 bridgehead atoms. The van der Waals surface area contributed by atoms with Crippen molar-refractivity contribution in [3.05, 3.63) is 23.8 Å². The number of carbonyl (C=O) groups excluding carboxylic acids is 1. The van der Waals surface area contributed by atoms with Crippen molar-refractivity contribution < 1.29 is 19.5 Å². The van der Waals surface area contributed by atoms with Crippen molar-refractivity contribution in [3.63, 3.8) is 0 Å². The third-order valence-electron chi connectivity index (χ3n) is 2.98. The average molecular weight is 267 g/mol. The van der Waals surface area contributed by atoms with Crippen molar-refractivity contribution in [2.45, 2.75) is 32.9 Å². The molecule has 1 aromatic rings. The molecule has 0 heterocycles. The van der Waals surface area contributed by atoms with Gasteiger partial charge < -0.3 is 14.7 Å². The first-order valence-electron chi connectivity index (χ1n) is 6.15. The fourth-order valence-corrected chi connectivity index (χ4v) is 1.80. The topological polar surface area (TPSA) is 59.0 Å². The van der Waals surface area contributed by atoms with E-state index in [0.29, 0.717) is 17.1 Å². The highest BCUT2D eigenvalue weighted by Crippen LogP contribution is 2.26. The summed E-state index contributed by atoms with van der Waals surface area (Å²) in [4.78, 5) is 12.4. The van der Waals surface area contributed by atoms with Gasteiger partial charge in [-0.05, 0) is 39.0 Å². The van der Waals surface area contributed by atoms with Crippen LogP contribution in [0, 0.1) is 0 Å². The van der Waals surface area contributed by atoms with Crippen molar-refractivity contribution in [1.29, 1.82) is 0 Å². The predicted octanol–water partition coefficient (Wildman–Crippen LogP) is 2.37. The summed E-state index contributed by atoms with van der Waals surface area (Å²) in [5.41, 5.74) is 0.397. The molecule has 0 saturated carbocycles. The molecule has 0 saturated heterocycles. The molecule has 0 spiro atoms. The second kappa shape index (κ2) is 6.54. The van der Waals surface area contributed by atoms with Crippen LogP contribution in [0.5, 0.6) is 11.5 Å². The molecule has 0 fully saturated rings. The van der Waals surface area contributed by atoms with E-state index in [1.807, 2.05) is 13.8 Å². The van der Waals surface area contributed by atoms with Gasteiger partial charge in [-0.3, -0.25) is 4.79 Å². The van der Waals surface area contributed by atoms with Crippen LogP contribution in [0.3, 0.4) is 0 Å². The quantitative estimate of drug-likeness (QED) is 0.633. The van der Waals surface area contributed by atoms with Crippen molar-refractivity contribution in [1.82, 2.24) is 5.06 Å². The largest absolute Gasteiger partial charge is 0.497 e. The third-order valence-corrected chi connectivity index (χ3v) is 2.98. The van der Waals surface area contributed by atoms with E-state index in [1.165, 1.54) is 14.2 Å². The summed E-state index contributed by atoms with van der Waals surface area (Å²) in [5, 5.41) is 10.9. The number of Topliss-reactive ketones (excluding diaryl/α,β-unsaturated/α-hetero) is 1. The van der Waals surface area contributed by atoms with Gasteiger partial charge in [0.15, 0.2) is 5.78 Å². The van der Waals surface area contributed by atoms with Gasteiger partial charge in [-0.15, -0.1) is 0 Å². The highest BCUT2D eigenvalue weighted by Gasteiger charge is 2.26. The molecule has 0 aromatic heterocycles. The van der Waals surface area contributed by atoms with Crippen LogP contribution in [0.2, 0.25) is 0 Å². The summed E-state index contributed by atoms with van der Waals surface area (Å²) in [6.07, 6.45) is 0. The van der Waals surface area contributed by atoms with Crippen LogP contribution >= 0.6 is 0 Å². The van der Waals surface area contributed by atoms with E-state index >= 15 is 0 Å². The van der Waals surface area contributed by atoms with E-state index in [0.717, 1.165) is 5.06 Å². The van der Waals surface area contributed by atoms with Crippen LogP contribution < -0.4 is 9.47 Å². The molecule has 1 aromatic carbocycles. The summed E-state index contributed by atoms with van der Waals surface area (Å²) in [6.45, 7) is 5.28. The van der Waals surface area contributed by atoms with Crippen molar-refractivity contribution in [3.8, 4) is 11.5 Å². The maximum atomic E-state index is 12.4. The molecule has 0 aliphatic rings. The molecule has 0 aliphatic heterocycles. The van der Waals surface area contributed by atoms with Crippen LogP contribution in [-0.2, 0) is 0 Å². The lowest BCUT2D eigenvalue weighted by molar-refractivity contribution is -0.134. The first kappa shape index (κ1) is 15.5. The Labute approximate surface area is 113 Å². The summed E-state index contributed by atoms with van der Waals surface area (Å²) in [5.74, 6) is 0.826. The standard InChI is InChI=1S/C14H21NO4/c1-9(2)15(17)10(3)14(16)12-8-11(18-4)6-7-13(12)19-5/h6-10,17H,1-5H3. The molecule has 19 heavy (non-hydrogen) atoms. The van der Waals surface area contributed by atoms with E-state index in [4.69, 9.17) is 9.47 Å². The van der Waals surface area contributed by atoms with Gasteiger partial charge in [0.05, 0.1) is 25.8 Å². The molecule has 0 aliphatic carbocycles. The maximum absolute atomic E-state index is 12.4. The van der Waals surface area contributed by atoms with Crippen LogP contribution in [0.15, 0.2) is 18.2 Å². The van der Waals surface area contributed by atoms with Crippen LogP contribution in [0.4, 0.5) is 0 Å². The Balaban J connectivity index is 3.10. The molecule has 0 amide bonds. The number of nitrogens with zero attached hydrogens (tertiary/aromatic N) is 1. The summed E-state index contributed by atoms with van der Waals surface area (Å²) in [6, 6.07) is 4.22. The number of hydroxylamine groups is 2. The second-order valence-corrected chi connectivity index (χ2v) is 4.58. The van der Waals surface area contributed by atoms with Gasteiger partial charge >= 0.3 is 0 Å². The Morgan fingerprint density at radius 1 is 1.21 bits per heavy atom. The maximum Gasteiger partial charge on any atom is 0.185 e. The van der Waals surface area contributed by atoms with Crippen LogP contribution in [0.1, 0.15) is 31.1 Å². The number of hydrogen-bond acceptors (Lipinski definition) is 5. The van der Waals surface area contributed by atoms with Gasteiger partial charge in [0.25, 0.3) is 0 Å². The molecule has 106 valence electrons. The highest BCUT2D eigenvalue weighted by molar-refractivity contribution is 6.02. The lowest BCUT2D eigenvalue weighted by Crippen LogP contribution is -2.41.